The van der Waals surface area contributed by atoms with Crippen LogP contribution >= 0.6 is 0 Å². The summed E-state index contributed by atoms with van der Waals surface area (Å²) in [6.07, 6.45) is 6.19. The molecule has 4 heterocycles. The van der Waals surface area contributed by atoms with Gasteiger partial charge in [-0.3, -0.25) is 19.6 Å². The molecule has 1 aliphatic carbocycles. The van der Waals surface area contributed by atoms with Crippen LogP contribution in [0.1, 0.15) is 102 Å². The first kappa shape index (κ1) is 51.8. The molecule has 0 radical (unpaired) electrons. The van der Waals surface area contributed by atoms with Crippen molar-refractivity contribution in [1.29, 1.82) is 0 Å². The number of fused-ring (bicyclic) bond motifs is 3. The Morgan fingerprint density at radius 1 is 0.554 bits per heavy atom. The predicted molar refractivity (Wildman–Crippen MR) is 278 cm³/mol. The van der Waals surface area contributed by atoms with Crippen LogP contribution in [0.4, 0.5) is 27.2 Å². The Balaban J connectivity index is 0.869. The summed E-state index contributed by atoms with van der Waals surface area (Å²) in [7, 11) is 2.51. The fraction of sp³-hybridized carbons (Fsp3) is 0.414. The van der Waals surface area contributed by atoms with Gasteiger partial charge in [0.2, 0.25) is 11.8 Å². The standard InChI is InChI=1S/C58H62F4N6O6/c1-55(2,3)49(65-53(71)73-7)51(69)67-25-9-11-47(67)45-29-39(31-63-45)35-17-13-33(14-18-35)37-21-23-41-42-24-22-38(28-44(42)58(61,62)57(59,60)43(41)27-37)34-15-19-36(20-16-34)40-30-46(64-32-40)48-12-10-26-68(48)52(70)50(56(4,5)6)66-54(72)74-8/h13-24,27-28,31-32,47-50H,9-12,25-26,29-30H2,1-8H3,(H,65,71)(H,66,72)/t47?,48?,49-,50-/m1/s1. The summed E-state index contributed by atoms with van der Waals surface area (Å²) in [4.78, 5) is 65.0. The molecule has 4 aliphatic heterocycles. The second-order valence-corrected chi connectivity index (χ2v) is 22.0. The summed E-state index contributed by atoms with van der Waals surface area (Å²) in [5, 5.41) is 5.42. The van der Waals surface area contributed by atoms with Gasteiger partial charge in [0.25, 0.3) is 0 Å². The number of aliphatic imine (C=N–C) groups is 2. The highest BCUT2D eigenvalue weighted by molar-refractivity contribution is 6.05. The molecule has 0 spiro atoms. The second kappa shape index (κ2) is 19.6. The molecule has 12 nitrogen and oxygen atoms in total. The van der Waals surface area contributed by atoms with Crippen LogP contribution in [0.15, 0.2) is 107 Å². The Kier molecular flexibility index (Phi) is 13.7. The number of benzene rings is 4. The lowest BCUT2D eigenvalue weighted by Gasteiger charge is -2.35. The van der Waals surface area contributed by atoms with Gasteiger partial charge in [-0.25, -0.2) is 9.59 Å². The number of likely N-dealkylation sites (tertiary alicyclic amines) is 2. The summed E-state index contributed by atoms with van der Waals surface area (Å²) in [5.74, 6) is -9.45. The fourth-order valence-corrected chi connectivity index (χ4v) is 10.9. The molecule has 4 atom stereocenters. The van der Waals surface area contributed by atoms with Crippen molar-refractivity contribution >= 4 is 46.6 Å². The summed E-state index contributed by atoms with van der Waals surface area (Å²) in [6, 6.07) is 21.1. The van der Waals surface area contributed by atoms with Crippen molar-refractivity contribution in [2.45, 2.75) is 116 Å². The van der Waals surface area contributed by atoms with Gasteiger partial charge < -0.3 is 29.9 Å². The zero-order valence-electron chi connectivity index (χ0n) is 43.0. The predicted octanol–water partition coefficient (Wildman–Crippen LogP) is 11.8. The van der Waals surface area contributed by atoms with Gasteiger partial charge in [-0.15, -0.1) is 0 Å². The number of halogens is 4. The molecule has 74 heavy (non-hydrogen) atoms. The number of allylic oxidation sites excluding steroid dienone is 2. The normalized spacial score (nSPS) is 20.6. The third-order valence-electron chi connectivity index (χ3n) is 15.1. The van der Waals surface area contributed by atoms with Crippen molar-refractivity contribution in [1.82, 2.24) is 20.4 Å². The average Bonchev–Trinajstić information content (AvgIpc) is 4.23. The van der Waals surface area contributed by atoms with Crippen molar-refractivity contribution in [2.24, 2.45) is 20.8 Å². The maximum absolute atomic E-state index is 16.3. The van der Waals surface area contributed by atoms with Crippen LogP contribution in [-0.2, 0) is 30.9 Å². The zero-order valence-corrected chi connectivity index (χ0v) is 43.0. The molecule has 4 aromatic carbocycles. The molecule has 4 amide bonds. The first-order valence-electron chi connectivity index (χ1n) is 25.1. The number of alkyl carbamates (subject to hydrolysis) is 2. The summed E-state index contributed by atoms with van der Waals surface area (Å²) < 4.78 is 74.7. The van der Waals surface area contributed by atoms with Crippen LogP contribution in [0.25, 0.3) is 44.5 Å². The molecule has 16 heteroatoms. The number of hydrogen-bond donors (Lipinski definition) is 2. The molecule has 0 bridgehead atoms. The molecule has 388 valence electrons. The Bertz CT molecular complexity index is 2820. The largest absolute Gasteiger partial charge is 0.453 e. The van der Waals surface area contributed by atoms with Gasteiger partial charge in [-0.1, -0.05) is 114 Å². The quantitative estimate of drug-likeness (QED) is 0.152. The zero-order chi connectivity index (χ0) is 53.1. The van der Waals surface area contributed by atoms with Gasteiger partial charge in [-0.2, -0.15) is 17.6 Å². The van der Waals surface area contributed by atoms with Crippen LogP contribution in [0.5, 0.6) is 0 Å². The molecule has 4 aromatic rings. The van der Waals surface area contributed by atoms with Crippen molar-refractivity contribution < 1.29 is 46.2 Å². The van der Waals surface area contributed by atoms with E-state index in [0.29, 0.717) is 48.2 Å². The Labute approximate surface area is 429 Å². The Hall–Kier alpha value is -7.10. The van der Waals surface area contributed by atoms with Crippen molar-refractivity contribution in [3.63, 3.8) is 0 Å². The summed E-state index contributed by atoms with van der Waals surface area (Å²) in [6.45, 7) is 12.3. The van der Waals surface area contributed by atoms with Crippen LogP contribution in [0.3, 0.4) is 0 Å². The highest BCUT2D eigenvalue weighted by Gasteiger charge is 2.63. The SMILES string of the molecule is COC(=O)N[C@H](C(=O)N1CCCC1C1=NC=C(c2ccc(-c3ccc4c(c3)C(F)(F)C(F)(F)c3cc(-c5ccc(C6=CN=C(C7CCCN7C(=O)[C@@H](NC(=O)OC)C(C)(C)C)C6)cc5)ccc3-4)cc2)C1)C(C)(C)C. The minimum atomic E-state index is -4.52. The lowest BCUT2D eigenvalue weighted by Crippen LogP contribution is -2.56. The molecule has 2 unspecified atom stereocenters. The van der Waals surface area contributed by atoms with E-state index in [9.17, 15) is 19.2 Å². The van der Waals surface area contributed by atoms with Gasteiger partial charge >= 0.3 is 24.0 Å². The molecule has 2 saturated heterocycles. The molecule has 5 aliphatic rings. The first-order chi connectivity index (χ1) is 35.0. The number of rotatable bonds is 10. The van der Waals surface area contributed by atoms with E-state index in [0.717, 1.165) is 71.5 Å². The molecule has 2 fully saturated rings. The maximum Gasteiger partial charge on any atom is 0.407 e. The van der Waals surface area contributed by atoms with Gasteiger partial charge in [0.15, 0.2) is 0 Å². The highest BCUT2D eigenvalue weighted by Crippen LogP contribution is 2.59. The lowest BCUT2D eigenvalue weighted by molar-refractivity contribution is -0.225. The van der Waals surface area contributed by atoms with E-state index in [1.165, 1.54) is 26.4 Å². The van der Waals surface area contributed by atoms with E-state index in [2.05, 4.69) is 10.6 Å². The first-order valence-corrected chi connectivity index (χ1v) is 25.1. The van der Waals surface area contributed by atoms with Crippen LogP contribution in [0.2, 0.25) is 0 Å². The molecular weight excluding hydrogens is 953 g/mol. The van der Waals surface area contributed by atoms with Crippen LogP contribution < -0.4 is 10.6 Å². The fourth-order valence-electron chi connectivity index (χ4n) is 10.9. The number of ether oxygens (including phenoxy) is 2. The minimum Gasteiger partial charge on any atom is -0.453 e. The van der Waals surface area contributed by atoms with Crippen molar-refractivity contribution in [3.05, 3.63) is 120 Å². The molecule has 0 aromatic heterocycles. The van der Waals surface area contributed by atoms with Crippen LogP contribution in [0, 0.1) is 10.8 Å². The number of amides is 4. The highest BCUT2D eigenvalue weighted by atomic mass is 19.3. The number of nitrogens with one attached hydrogen (secondary N) is 2. The third-order valence-corrected chi connectivity index (χ3v) is 15.1. The number of alkyl halides is 4. The summed E-state index contributed by atoms with van der Waals surface area (Å²) >= 11 is 0. The van der Waals surface area contributed by atoms with E-state index >= 15 is 17.6 Å². The number of nitrogens with zero attached hydrogens (tertiary/aromatic N) is 4. The van der Waals surface area contributed by atoms with E-state index in [1.807, 2.05) is 65.8 Å². The van der Waals surface area contributed by atoms with Gasteiger partial charge in [-0.05, 0) is 104 Å². The van der Waals surface area contributed by atoms with Gasteiger partial charge in [0.05, 0.1) is 26.3 Å². The van der Waals surface area contributed by atoms with Gasteiger partial charge in [0, 0.05) is 60.9 Å². The average molecular weight is 1020 g/mol. The number of carbonyl (C=O) groups is 4. The van der Waals surface area contributed by atoms with Crippen molar-refractivity contribution in [2.75, 3.05) is 27.3 Å². The Morgan fingerprint density at radius 2 is 0.892 bits per heavy atom. The minimum absolute atomic E-state index is 0.0356. The smallest absolute Gasteiger partial charge is 0.407 e. The number of hydrogen-bond acceptors (Lipinski definition) is 8. The monoisotopic (exact) mass is 1010 g/mol. The summed E-state index contributed by atoms with van der Waals surface area (Å²) in [5.41, 5.74) is 4.48. The van der Waals surface area contributed by atoms with Crippen LogP contribution in [-0.4, -0.2) is 96.7 Å². The van der Waals surface area contributed by atoms with Gasteiger partial charge in [0.1, 0.15) is 12.1 Å². The topological polar surface area (TPSA) is 142 Å². The van der Waals surface area contributed by atoms with E-state index in [4.69, 9.17) is 19.5 Å². The second-order valence-electron chi connectivity index (χ2n) is 22.0. The Morgan fingerprint density at radius 3 is 1.23 bits per heavy atom. The maximum atomic E-state index is 16.3. The molecule has 0 saturated carbocycles. The molecule has 2 N–H and O–H groups in total. The number of carbonyl (C=O) groups excluding carboxylic acids is 4. The molecule has 9 rings (SSSR count). The van der Waals surface area contributed by atoms with E-state index < -0.39 is 58.1 Å². The van der Waals surface area contributed by atoms with E-state index in [-0.39, 0.29) is 35.0 Å². The molecular formula is C58H62F4N6O6. The van der Waals surface area contributed by atoms with E-state index in [1.54, 1.807) is 58.6 Å². The third kappa shape index (κ3) is 9.63. The number of methoxy groups -OCH3 is 2. The van der Waals surface area contributed by atoms with Crippen molar-refractivity contribution in [3.8, 4) is 33.4 Å². The lowest BCUT2D eigenvalue weighted by atomic mass is 9.78.